The van der Waals surface area contributed by atoms with Gasteiger partial charge in [0.2, 0.25) is 0 Å². The van der Waals surface area contributed by atoms with E-state index in [1.165, 1.54) is 30.9 Å². The summed E-state index contributed by atoms with van der Waals surface area (Å²) in [6.45, 7) is 1.37. The Hall–Kier alpha value is -1.90. The number of nitrogens with one attached hydrogen (secondary N) is 1. The van der Waals surface area contributed by atoms with Crippen LogP contribution in [0.2, 0.25) is 10.0 Å². The van der Waals surface area contributed by atoms with Gasteiger partial charge in [-0.25, -0.2) is 19.2 Å². The first-order valence-electron chi connectivity index (χ1n) is 6.85. The molecular weight excluding hydrogens is 392 g/mol. The molecule has 0 fully saturated rings. The van der Waals surface area contributed by atoms with Gasteiger partial charge in [0.15, 0.2) is 17.0 Å². The van der Waals surface area contributed by atoms with Crippen LogP contribution >= 0.6 is 35.0 Å². The number of carbonyl (C=O) groups is 2. The second-order valence-corrected chi connectivity index (χ2v) is 6.30. The third-order valence-corrected chi connectivity index (χ3v) is 4.09. The maximum absolute atomic E-state index is 13.0. The van der Waals surface area contributed by atoms with Gasteiger partial charge in [0, 0.05) is 0 Å². The van der Waals surface area contributed by atoms with Gasteiger partial charge in [-0.3, -0.25) is 4.79 Å². The van der Waals surface area contributed by atoms with Crippen LogP contribution in [0.4, 0.5) is 10.1 Å². The predicted octanol–water partition coefficient (Wildman–Crippen LogP) is 3.83. The van der Waals surface area contributed by atoms with Crippen LogP contribution in [0.1, 0.15) is 17.4 Å². The first-order chi connectivity index (χ1) is 11.8. The molecule has 0 saturated heterocycles. The molecule has 2 aromatic rings. The van der Waals surface area contributed by atoms with Crippen LogP contribution in [0.25, 0.3) is 0 Å². The molecule has 0 aliphatic heterocycles. The largest absolute Gasteiger partial charge is 0.448 e. The maximum atomic E-state index is 13.0. The summed E-state index contributed by atoms with van der Waals surface area (Å²) in [4.78, 5) is 32.1. The number of halogens is 3. The fourth-order valence-electron chi connectivity index (χ4n) is 1.69. The molecule has 0 saturated carbocycles. The van der Waals surface area contributed by atoms with Crippen LogP contribution in [0.15, 0.2) is 29.6 Å². The molecule has 0 radical (unpaired) electrons. The minimum Gasteiger partial charge on any atom is -0.448 e. The Bertz CT molecular complexity index is 823. The number of amides is 1. The van der Waals surface area contributed by atoms with Crippen molar-refractivity contribution in [1.82, 2.24) is 9.97 Å². The van der Waals surface area contributed by atoms with E-state index in [0.29, 0.717) is 5.16 Å². The molecule has 0 bridgehead atoms. The number of anilines is 1. The van der Waals surface area contributed by atoms with Crippen LogP contribution in [0, 0.1) is 5.82 Å². The number of hydrogen-bond donors (Lipinski definition) is 1. The zero-order valence-electron chi connectivity index (χ0n) is 13.0. The maximum Gasteiger partial charge on any atom is 0.359 e. The normalized spacial score (nSPS) is 11.7. The average Bonchev–Trinajstić information content (AvgIpc) is 2.57. The molecule has 1 amide bonds. The number of ether oxygens (including phenoxy) is 1. The number of esters is 1. The van der Waals surface area contributed by atoms with Crippen molar-refractivity contribution in [2.75, 3.05) is 11.6 Å². The number of thioether (sulfide) groups is 1. The number of rotatable bonds is 5. The highest BCUT2D eigenvalue weighted by molar-refractivity contribution is 7.98. The van der Waals surface area contributed by atoms with Crippen molar-refractivity contribution in [3.05, 3.63) is 46.0 Å². The molecule has 132 valence electrons. The Labute approximate surface area is 157 Å². The molecular formula is C15H12Cl2FN3O3S. The van der Waals surface area contributed by atoms with Crippen molar-refractivity contribution in [3.8, 4) is 0 Å². The second kappa shape index (κ2) is 8.46. The van der Waals surface area contributed by atoms with Crippen molar-refractivity contribution in [2.24, 2.45) is 0 Å². The molecule has 1 N–H and O–H groups in total. The number of aromatic nitrogens is 2. The first kappa shape index (κ1) is 19.4. The SMILES string of the molecule is CSc1ncc(Cl)c(C(=O)O[C@@H](C)C(=O)Nc2ccc(F)cc2Cl)n1. The van der Waals surface area contributed by atoms with E-state index in [2.05, 4.69) is 15.3 Å². The minimum atomic E-state index is -1.16. The zero-order valence-corrected chi connectivity index (χ0v) is 15.4. The Morgan fingerprint density at radius 1 is 1.32 bits per heavy atom. The summed E-state index contributed by atoms with van der Waals surface area (Å²) in [5.74, 6) is -2.04. The van der Waals surface area contributed by atoms with E-state index >= 15 is 0 Å². The molecule has 2 rings (SSSR count). The van der Waals surface area contributed by atoms with Gasteiger partial charge >= 0.3 is 5.97 Å². The highest BCUT2D eigenvalue weighted by Crippen LogP contribution is 2.23. The summed E-state index contributed by atoms with van der Waals surface area (Å²) in [5.41, 5.74) is 0.0567. The van der Waals surface area contributed by atoms with Gasteiger partial charge in [-0.2, -0.15) is 0 Å². The summed E-state index contributed by atoms with van der Waals surface area (Å²) in [7, 11) is 0. The quantitative estimate of drug-likeness (QED) is 0.464. The molecule has 1 aromatic heterocycles. The standard InChI is InChI=1S/C15H12Cl2FN3O3S/c1-7(13(22)20-11-4-3-8(18)5-9(11)16)24-14(23)12-10(17)6-19-15(21-12)25-2/h3-7H,1-2H3,(H,20,22)/t7-/m0/s1. The highest BCUT2D eigenvalue weighted by Gasteiger charge is 2.23. The smallest absolute Gasteiger partial charge is 0.359 e. The van der Waals surface area contributed by atoms with Gasteiger partial charge in [-0.15, -0.1) is 0 Å². The molecule has 0 spiro atoms. The predicted molar refractivity (Wildman–Crippen MR) is 93.7 cm³/mol. The van der Waals surface area contributed by atoms with Gasteiger partial charge < -0.3 is 10.1 Å². The Balaban J connectivity index is 2.06. The lowest BCUT2D eigenvalue weighted by Gasteiger charge is -2.14. The molecule has 1 heterocycles. The number of carbonyl (C=O) groups excluding carboxylic acids is 2. The van der Waals surface area contributed by atoms with Gasteiger partial charge in [-0.1, -0.05) is 35.0 Å². The van der Waals surface area contributed by atoms with Crippen LogP contribution in [-0.4, -0.2) is 34.2 Å². The van der Waals surface area contributed by atoms with Crippen LogP contribution in [-0.2, 0) is 9.53 Å². The zero-order chi connectivity index (χ0) is 18.6. The lowest BCUT2D eigenvalue weighted by atomic mass is 10.3. The van der Waals surface area contributed by atoms with Crippen molar-refractivity contribution in [3.63, 3.8) is 0 Å². The van der Waals surface area contributed by atoms with E-state index in [1.54, 1.807) is 6.26 Å². The third kappa shape index (κ3) is 5.04. The van der Waals surface area contributed by atoms with E-state index in [0.717, 1.165) is 12.1 Å². The van der Waals surface area contributed by atoms with E-state index in [9.17, 15) is 14.0 Å². The summed E-state index contributed by atoms with van der Waals surface area (Å²) in [6, 6.07) is 3.50. The third-order valence-electron chi connectivity index (χ3n) is 2.94. The van der Waals surface area contributed by atoms with Gasteiger partial charge in [0.25, 0.3) is 5.91 Å². The molecule has 1 aromatic carbocycles. The molecule has 25 heavy (non-hydrogen) atoms. The van der Waals surface area contributed by atoms with Crippen LogP contribution in [0.5, 0.6) is 0 Å². The van der Waals surface area contributed by atoms with Gasteiger partial charge in [0.05, 0.1) is 21.9 Å². The van der Waals surface area contributed by atoms with Gasteiger partial charge in [-0.05, 0) is 31.4 Å². The van der Waals surface area contributed by atoms with E-state index in [1.807, 2.05) is 0 Å². The van der Waals surface area contributed by atoms with Crippen molar-refractivity contribution < 1.29 is 18.7 Å². The Morgan fingerprint density at radius 3 is 2.68 bits per heavy atom. The minimum absolute atomic E-state index is 0.0111. The fourth-order valence-corrected chi connectivity index (χ4v) is 2.41. The van der Waals surface area contributed by atoms with E-state index in [4.69, 9.17) is 27.9 Å². The van der Waals surface area contributed by atoms with Crippen molar-refractivity contribution in [1.29, 1.82) is 0 Å². The summed E-state index contributed by atoms with van der Waals surface area (Å²) in [6.07, 6.45) is 1.86. The highest BCUT2D eigenvalue weighted by atomic mass is 35.5. The molecule has 0 aliphatic carbocycles. The topological polar surface area (TPSA) is 81.2 Å². The average molecular weight is 404 g/mol. The van der Waals surface area contributed by atoms with E-state index in [-0.39, 0.29) is 21.4 Å². The second-order valence-electron chi connectivity index (χ2n) is 4.71. The van der Waals surface area contributed by atoms with Gasteiger partial charge in [0.1, 0.15) is 5.82 Å². The van der Waals surface area contributed by atoms with E-state index < -0.39 is 23.8 Å². The number of nitrogens with zero attached hydrogens (tertiary/aromatic N) is 2. The Kier molecular flexibility index (Phi) is 6.57. The molecule has 6 nitrogen and oxygen atoms in total. The van der Waals surface area contributed by atoms with Crippen molar-refractivity contribution >= 4 is 52.5 Å². The lowest BCUT2D eigenvalue weighted by molar-refractivity contribution is -0.123. The molecule has 0 unspecified atom stereocenters. The molecule has 1 atom stereocenters. The Morgan fingerprint density at radius 2 is 2.04 bits per heavy atom. The fraction of sp³-hybridized carbons (Fsp3) is 0.200. The molecule has 0 aliphatic rings. The molecule has 10 heteroatoms. The van der Waals surface area contributed by atoms with Crippen LogP contribution < -0.4 is 5.32 Å². The monoisotopic (exact) mass is 403 g/mol. The van der Waals surface area contributed by atoms with Crippen LogP contribution in [0.3, 0.4) is 0 Å². The summed E-state index contributed by atoms with van der Waals surface area (Å²) >= 11 is 12.9. The summed E-state index contributed by atoms with van der Waals surface area (Å²) in [5, 5.41) is 2.82. The lowest BCUT2D eigenvalue weighted by Crippen LogP contribution is -2.30. The number of hydrogen-bond acceptors (Lipinski definition) is 6. The first-order valence-corrected chi connectivity index (χ1v) is 8.83. The summed E-state index contributed by atoms with van der Waals surface area (Å²) < 4.78 is 18.1. The van der Waals surface area contributed by atoms with Crippen molar-refractivity contribution in [2.45, 2.75) is 18.2 Å². The number of benzene rings is 1.